The molecule has 1 aliphatic heterocycles. The average Bonchev–Trinajstić information content (AvgIpc) is 3.23. The first-order chi connectivity index (χ1) is 15.5. The van der Waals surface area contributed by atoms with Crippen molar-refractivity contribution < 1.29 is 13.9 Å². The molecule has 4 heterocycles. The Morgan fingerprint density at radius 1 is 1.09 bits per heavy atom. The SMILES string of the molecule is Oc1[nH]cc2nc(-c3c(F)cccc3F)cc(Nc3ccc(N4CCC5(CC5)C4)cn3)c12. The summed E-state index contributed by atoms with van der Waals surface area (Å²) < 4.78 is 28.8. The molecule has 8 heteroatoms. The highest BCUT2D eigenvalue weighted by atomic mass is 19.1. The molecular weight excluding hydrogens is 412 g/mol. The molecule has 2 fully saturated rings. The number of nitrogens with zero attached hydrogens (tertiary/aromatic N) is 3. The molecule has 2 aliphatic rings. The van der Waals surface area contributed by atoms with Gasteiger partial charge < -0.3 is 20.3 Å². The van der Waals surface area contributed by atoms with E-state index < -0.39 is 11.6 Å². The zero-order valence-electron chi connectivity index (χ0n) is 17.2. The summed E-state index contributed by atoms with van der Waals surface area (Å²) in [6, 6.07) is 9.10. The molecule has 6 rings (SSSR count). The second-order valence-corrected chi connectivity index (χ2v) is 8.75. The minimum Gasteiger partial charge on any atom is -0.494 e. The quantitative estimate of drug-likeness (QED) is 0.405. The van der Waals surface area contributed by atoms with Gasteiger partial charge in [0.25, 0.3) is 0 Å². The van der Waals surface area contributed by atoms with Gasteiger partial charge in [0, 0.05) is 19.3 Å². The highest BCUT2D eigenvalue weighted by Crippen LogP contribution is 2.53. The van der Waals surface area contributed by atoms with Crippen LogP contribution in [0.3, 0.4) is 0 Å². The Bertz CT molecular complexity index is 1310. The summed E-state index contributed by atoms with van der Waals surface area (Å²) in [6.07, 6.45) is 7.20. The molecule has 0 unspecified atom stereocenters. The third kappa shape index (κ3) is 3.14. The molecule has 1 saturated carbocycles. The van der Waals surface area contributed by atoms with E-state index >= 15 is 0 Å². The van der Waals surface area contributed by atoms with Crippen molar-refractivity contribution in [2.24, 2.45) is 5.41 Å². The first kappa shape index (κ1) is 19.0. The van der Waals surface area contributed by atoms with Gasteiger partial charge in [0.05, 0.1) is 39.7 Å². The summed E-state index contributed by atoms with van der Waals surface area (Å²) in [4.78, 5) is 13.9. The molecule has 1 saturated heterocycles. The second-order valence-electron chi connectivity index (χ2n) is 8.75. The van der Waals surface area contributed by atoms with Crippen LogP contribution in [0.2, 0.25) is 0 Å². The van der Waals surface area contributed by atoms with Gasteiger partial charge in [0.15, 0.2) is 5.88 Å². The van der Waals surface area contributed by atoms with Crippen LogP contribution in [0.5, 0.6) is 5.88 Å². The summed E-state index contributed by atoms with van der Waals surface area (Å²) in [5.74, 6) is -0.936. The van der Waals surface area contributed by atoms with Gasteiger partial charge in [-0.15, -0.1) is 0 Å². The van der Waals surface area contributed by atoms with Crippen LogP contribution in [-0.2, 0) is 0 Å². The number of anilines is 3. The molecule has 0 atom stereocenters. The highest BCUT2D eigenvalue weighted by Gasteiger charge is 2.47. The lowest BCUT2D eigenvalue weighted by molar-refractivity contribution is 0.463. The van der Waals surface area contributed by atoms with Crippen molar-refractivity contribution in [1.82, 2.24) is 15.0 Å². The Kier molecular flexibility index (Phi) is 4.11. The molecule has 1 aromatic carbocycles. The molecule has 0 bridgehead atoms. The van der Waals surface area contributed by atoms with Crippen molar-refractivity contribution >= 4 is 28.1 Å². The summed E-state index contributed by atoms with van der Waals surface area (Å²) in [5.41, 5.74) is 2.35. The van der Waals surface area contributed by atoms with Crippen molar-refractivity contribution in [3.05, 3.63) is 60.4 Å². The number of pyridine rings is 2. The second kappa shape index (κ2) is 6.91. The van der Waals surface area contributed by atoms with Gasteiger partial charge in [-0.1, -0.05) is 6.07 Å². The Hall–Kier alpha value is -3.68. The molecule has 162 valence electrons. The van der Waals surface area contributed by atoms with Crippen LogP contribution < -0.4 is 10.2 Å². The number of rotatable bonds is 4. The van der Waals surface area contributed by atoms with Crippen LogP contribution >= 0.6 is 0 Å². The van der Waals surface area contributed by atoms with Crippen molar-refractivity contribution in [3.8, 4) is 17.1 Å². The first-order valence-electron chi connectivity index (χ1n) is 10.6. The van der Waals surface area contributed by atoms with Gasteiger partial charge in [-0.3, -0.25) is 0 Å². The predicted molar refractivity (Wildman–Crippen MR) is 119 cm³/mol. The van der Waals surface area contributed by atoms with Crippen LogP contribution in [0.1, 0.15) is 19.3 Å². The number of H-pyrrole nitrogens is 1. The summed E-state index contributed by atoms with van der Waals surface area (Å²) in [5, 5.41) is 13.9. The Morgan fingerprint density at radius 2 is 1.91 bits per heavy atom. The molecule has 0 radical (unpaired) electrons. The van der Waals surface area contributed by atoms with Gasteiger partial charge >= 0.3 is 0 Å². The number of fused-ring (bicyclic) bond motifs is 1. The van der Waals surface area contributed by atoms with Crippen molar-refractivity contribution in [2.75, 3.05) is 23.3 Å². The van der Waals surface area contributed by atoms with Crippen molar-refractivity contribution in [2.45, 2.75) is 19.3 Å². The largest absolute Gasteiger partial charge is 0.494 e. The number of aromatic amines is 1. The molecule has 0 amide bonds. The third-order valence-electron chi connectivity index (χ3n) is 6.62. The van der Waals surface area contributed by atoms with E-state index in [9.17, 15) is 13.9 Å². The lowest BCUT2D eigenvalue weighted by Gasteiger charge is -2.18. The van der Waals surface area contributed by atoms with E-state index in [1.807, 2.05) is 18.3 Å². The fourth-order valence-corrected chi connectivity index (χ4v) is 4.62. The van der Waals surface area contributed by atoms with Crippen molar-refractivity contribution in [3.63, 3.8) is 0 Å². The lowest BCUT2D eigenvalue weighted by atomic mass is 10.1. The Morgan fingerprint density at radius 3 is 2.59 bits per heavy atom. The van der Waals surface area contributed by atoms with Crippen LogP contribution in [-0.4, -0.2) is 33.1 Å². The van der Waals surface area contributed by atoms with Crippen LogP contribution in [0.4, 0.5) is 26.0 Å². The van der Waals surface area contributed by atoms with E-state index in [-0.39, 0.29) is 17.1 Å². The Balaban J connectivity index is 1.35. The van der Waals surface area contributed by atoms with E-state index in [1.165, 1.54) is 49.7 Å². The smallest absolute Gasteiger partial charge is 0.200 e. The Labute approximate surface area is 182 Å². The standard InChI is InChI=1S/C24H21F2N5O/c25-15-2-1-3-16(26)21(15)17-10-18(22-19(29-17)12-28-23(22)32)30-20-5-4-14(11-27-20)31-9-8-24(13-31)6-7-24/h1-5,10-12,28,32H,6-9,13H2,(H,27,30). The number of benzene rings is 1. The van der Waals surface area contributed by atoms with E-state index in [0.29, 0.717) is 27.8 Å². The van der Waals surface area contributed by atoms with Crippen LogP contribution in [0, 0.1) is 17.0 Å². The van der Waals surface area contributed by atoms with E-state index in [2.05, 4.69) is 25.2 Å². The summed E-state index contributed by atoms with van der Waals surface area (Å²) in [6.45, 7) is 2.13. The number of aromatic hydroxyl groups is 1. The predicted octanol–water partition coefficient (Wildman–Crippen LogP) is 5.34. The number of halogens is 2. The molecule has 1 aliphatic carbocycles. The number of hydrogen-bond donors (Lipinski definition) is 3. The monoisotopic (exact) mass is 433 g/mol. The molecule has 32 heavy (non-hydrogen) atoms. The normalized spacial score (nSPS) is 16.8. The van der Waals surface area contributed by atoms with Gasteiger partial charge in [-0.05, 0) is 55.0 Å². The molecule has 1 spiro atoms. The molecular formula is C24H21F2N5O. The van der Waals surface area contributed by atoms with Crippen LogP contribution in [0.25, 0.3) is 22.2 Å². The van der Waals surface area contributed by atoms with Crippen molar-refractivity contribution in [1.29, 1.82) is 0 Å². The maximum atomic E-state index is 14.4. The van der Waals surface area contributed by atoms with Gasteiger partial charge in [-0.25, -0.2) is 18.7 Å². The summed E-state index contributed by atoms with van der Waals surface area (Å²) >= 11 is 0. The average molecular weight is 433 g/mol. The topological polar surface area (TPSA) is 77.1 Å². The third-order valence-corrected chi connectivity index (χ3v) is 6.62. The fraction of sp³-hybridized carbons (Fsp3) is 0.250. The first-order valence-corrected chi connectivity index (χ1v) is 10.6. The fourth-order valence-electron chi connectivity index (χ4n) is 4.62. The minimum absolute atomic E-state index is 0.0843. The van der Waals surface area contributed by atoms with Gasteiger partial charge in [0.2, 0.25) is 0 Å². The number of nitrogens with one attached hydrogen (secondary N) is 2. The van der Waals surface area contributed by atoms with Crippen LogP contribution in [0.15, 0.2) is 48.8 Å². The van der Waals surface area contributed by atoms with Gasteiger partial charge in [0.1, 0.15) is 17.5 Å². The number of hydrogen-bond acceptors (Lipinski definition) is 5. The lowest BCUT2D eigenvalue weighted by Crippen LogP contribution is -2.20. The maximum absolute atomic E-state index is 14.4. The molecule has 3 N–H and O–H groups in total. The zero-order valence-corrected chi connectivity index (χ0v) is 17.2. The van der Waals surface area contributed by atoms with E-state index in [1.54, 1.807) is 0 Å². The molecule has 3 aromatic heterocycles. The van der Waals surface area contributed by atoms with Gasteiger partial charge in [-0.2, -0.15) is 0 Å². The maximum Gasteiger partial charge on any atom is 0.200 e. The zero-order chi connectivity index (χ0) is 21.9. The minimum atomic E-state index is -0.705. The summed E-state index contributed by atoms with van der Waals surface area (Å²) in [7, 11) is 0. The number of aromatic nitrogens is 3. The van der Waals surface area contributed by atoms with E-state index in [0.717, 1.165) is 18.8 Å². The van der Waals surface area contributed by atoms with E-state index in [4.69, 9.17) is 0 Å². The highest BCUT2D eigenvalue weighted by molar-refractivity contribution is 5.99. The molecule has 6 nitrogen and oxygen atoms in total. The molecule has 4 aromatic rings.